The molecular weight excluding hydrogens is 198 g/mol. The van der Waals surface area contributed by atoms with E-state index in [0.29, 0.717) is 6.04 Å². The molecule has 0 aromatic rings. The molecule has 2 atom stereocenters. The van der Waals surface area contributed by atoms with E-state index >= 15 is 0 Å². The molecule has 1 N–H and O–H groups in total. The maximum atomic E-state index is 9.59. The molecule has 1 aliphatic heterocycles. The van der Waals surface area contributed by atoms with Crippen LogP contribution in [0.2, 0.25) is 0 Å². The van der Waals surface area contributed by atoms with Gasteiger partial charge in [-0.2, -0.15) is 0 Å². The van der Waals surface area contributed by atoms with Gasteiger partial charge in [0.25, 0.3) is 0 Å². The van der Waals surface area contributed by atoms with Crippen LogP contribution in [0, 0.1) is 5.92 Å². The van der Waals surface area contributed by atoms with Gasteiger partial charge in [0.2, 0.25) is 0 Å². The molecule has 0 radical (unpaired) electrons. The number of hydrogen-bond donors (Lipinski definition) is 1. The lowest BCUT2D eigenvalue weighted by Gasteiger charge is -2.37. The SMILES string of the molecule is CC1CC(O)CCN1CCC1CCCCC1. The first-order valence-electron chi connectivity index (χ1n) is 7.18. The van der Waals surface area contributed by atoms with Gasteiger partial charge in [0.1, 0.15) is 0 Å². The van der Waals surface area contributed by atoms with Gasteiger partial charge in [0, 0.05) is 12.6 Å². The first-order valence-corrected chi connectivity index (χ1v) is 7.18. The largest absolute Gasteiger partial charge is 0.393 e. The Labute approximate surface area is 100 Å². The van der Waals surface area contributed by atoms with Crippen molar-refractivity contribution in [2.24, 2.45) is 5.92 Å². The quantitative estimate of drug-likeness (QED) is 0.798. The van der Waals surface area contributed by atoms with Crippen LogP contribution < -0.4 is 0 Å². The standard InChI is InChI=1S/C14H27NO/c1-12-11-14(16)8-10-15(12)9-7-13-5-3-2-4-6-13/h12-14,16H,2-11H2,1H3. The Balaban J connectivity index is 1.68. The van der Waals surface area contributed by atoms with Crippen molar-refractivity contribution in [1.29, 1.82) is 0 Å². The molecule has 0 amide bonds. The minimum absolute atomic E-state index is 0.0408. The molecule has 0 aromatic heterocycles. The van der Waals surface area contributed by atoms with Crippen molar-refractivity contribution in [2.45, 2.75) is 70.4 Å². The van der Waals surface area contributed by atoms with Crippen LogP contribution in [-0.2, 0) is 0 Å². The van der Waals surface area contributed by atoms with Crippen molar-refractivity contribution in [3.8, 4) is 0 Å². The lowest BCUT2D eigenvalue weighted by molar-refractivity contribution is 0.0445. The van der Waals surface area contributed by atoms with Gasteiger partial charge >= 0.3 is 0 Å². The normalized spacial score (nSPS) is 34.1. The molecule has 0 aromatic carbocycles. The molecule has 2 rings (SSSR count). The Bertz CT molecular complexity index is 201. The number of likely N-dealkylation sites (tertiary alicyclic amines) is 1. The third kappa shape index (κ3) is 3.46. The van der Waals surface area contributed by atoms with Crippen LogP contribution >= 0.6 is 0 Å². The highest BCUT2D eigenvalue weighted by atomic mass is 16.3. The van der Waals surface area contributed by atoms with Gasteiger partial charge in [-0.1, -0.05) is 32.1 Å². The summed E-state index contributed by atoms with van der Waals surface area (Å²) in [4.78, 5) is 2.58. The fraction of sp³-hybridized carbons (Fsp3) is 1.00. The second-order valence-corrected chi connectivity index (χ2v) is 5.86. The van der Waals surface area contributed by atoms with Gasteiger partial charge in [-0.25, -0.2) is 0 Å². The van der Waals surface area contributed by atoms with Gasteiger partial charge in [0.05, 0.1) is 6.10 Å². The van der Waals surface area contributed by atoms with Crippen molar-refractivity contribution in [2.75, 3.05) is 13.1 Å². The van der Waals surface area contributed by atoms with Crippen molar-refractivity contribution in [3.63, 3.8) is 0 Å². The van der Waals surface area contributed by atoms with Crippen LogP contribution in [0.1, 0.15) is 58.3 Å². The Morgan fingerprint density at radius 2 is 1.88 bits per heavy atom. The summed E-state index contributed by atoms with van der Waals surface area (Å²) < 4.78 is 0. The lowest BCUT2D eigenvalue weighted by atomic mass is 9.86. The third-order valence-corrected chi connectivity index (χ3v) is 4.54. The van der Waals surface area contributed by atoms with E-state index in [2.05, 4.69) is 11.8 Å². The summed E-state index contributed by atoms with van der Waals surface area (Å²) in [6.45, 7) is 4.64. The topological polar surface area (TPSA) is 23.5 Å². The first kappa shape index (κ1) is 12.4. The zero-order valence-electron chi connectivity index (χ0n) is 10.7. The Hall–Kier alpha value is -0.0800. The van der Waals surface area contributed by atoms with Crippen LogP contribution in [0.3, 0.4) is 0 Å². The van der Waals surface area contributed by atoms with Crippen LogP contribution in [0.25, 0.3) is 0 Å². The number of aliphatic hydroxyl groups excluding tert-OH is 1. The van der Waals surface area contributed by atoms with Gasteiger partial charge < -0.3 is 10.0 Å². The average Bonchev–Trinajstić information content (AvgIpc) is 2.29. The molecule has 2 aliphatic rings. The van der Waals surface area contributed by atoms with E-state index in [0.717, 1.165) is 25.3 Å². The van der Waals surface area contributed by atoms with Gasteiger partial charge in [-0.05, 0) is 38.6 Å². The molecule has 0 bridgehead atoms. The molecule has 0 spiro atoms. The molecule has 2 heteroatoms. The van der Waals surface area contributed by atoms with E-state index in [-0.39, 0.29) is 6.10 Å². The highest BCUT2D eigenvalue weighted by Crippen LogP contribution is 2.27. The Morgan fingerprint density at radius 3 is 2.56 bits per heavy atom. The molecule has 16 heavy (non-hydrogen) atoms. The van der Waals surface area contributed by atoms with Crippen molar-refractivity contribution in [1.82, 2.24) is 4.90 Å². The van der Waals surface area contributed by atoms with Crippen LogP contribution in [0.4, 0.5) is 0 Å². The van der Waals surface area contributed by atoms with Gasteiger partial charge in [-0.15, -0.1) is 0 Å². The van der Waals surface area contributed by atoms with Crippen LogP contribution in [-0.4, -0.2) is 35.2 Å². The smallest absolute Gasteiger partial charge is 0.0567 e. The lowest BCUT2D eigenvalue weighted by Crippen LogP contribution is -2.43. The monoisotopic (exact) mass is 225 g/mol. The van der Waals surface area contributed by atoms with Crippen LogP contribution in [0.15, 0.2) is 0 Å². The fourth-order valence-electron chi connectivity index (χ4n) is 3.35. The van der Waals surface area contributed by atoms with E-state index in [1.54, 1.807) is 0 Å². The van der Waals surface area contributed by atoms with Crippen molar-refractivity contribution >= 4 is 0 Å². The highest BCUT2D eigenvalue weighted by molar-refractivity contribution is 4.79. The molecule has 1 saturated carbocycles. The van der Waals surface area contributed by atoms with E-state index < -0.39 is 0 Å². The number of rotatable bonds is 3. The molecule has 2 fully saturated rings. The number of hydrogen-bond acceptors (Lipinski definition) is 2. The van der Waals surface area contributed by atoms with E-state index in [1.807, 2.05) is 0 Å². The molecule has 1 saturated heterocycles. The highest BCUT2D eigenvalue weighted by Gasteiger charge is 2.24. The number of piperidine rings is 1. The predicted octanol–water partition coefficient (Wildman–Crippen LogP) is 2.80. The minimum atomic E-state index is -0.0408. The summed E-state index contributed by atoms with van der Waals surface area (Å²) >= 11 is 0. The predicted molar refractivity (Wildman–Crippen MR) is 67.5 cm³/mol. The third-order valence-electron chi connectivity index (χ3n) is 4.54. The summed E-state index contributed by atoms with van der Waals surface area (Å²) in [5, 5.41) is 9.59. The summed E-state index contributed by atoms with van der Waals surface area (Å²) in [6, 6.07) is 0.590. The summed E-state index contributed by atoms with van der Waals surface area (Å²) in [5.74, 6) is 0.993. The first-order chi connectivity index (χ1) is 7.75. The van der Waals surface area contributed by atoms with Crippen molar-refractivity contribution in [3.05, 3.63) is 0 Å². The maximum Gasteiger partial charge on any atom is 0.0567 e. The average molecular weight is 225 g/mol. The summed E-state index contributed by atoms with van der Waals surface area (Å²) in [7, 11) is 0. The summed E-state index contributed by atoms with van der Waals surface area (Å²) in [6.07, 6.45) is 10.6. The maximum absolute atomic E-state index is 9.59. The Morgan fingerprint density at radius 1 is 1.12 bits per heavy atom. The van der Waals surface area contributed by atoms with Gasteiger partial charge in [-0.3, -0.25) is 0 Å². The molecule has 1 heterocycles. The Kier molecular flexibility index (Phi) is 4.66. The molecule has 2 unspecified atom stereocenters. The molecule has 2 nitrogen and oxygen atoms in total. The molecular formula is C14H27NO. The summed E-state index contributed by atoms with van der Waals surface area (Å²) in [5.41, 5.74) is 0. The molecule has 94 valence electrons. The fourth-order valence-corrected chi connectivity index (χ4v) is 3.35. The zero-order valence-corrected chi connectivity index (χ0v) is 10.7. The zero-order chi connectivity index (χ0) is 11.4. The van der Waals surface area contributed by atoms with Crippen LogP contribution in [0.5, 0.6) is 0 Å². The number of aliphatic hydroxyl groups is 1. The van der Waals surface area contributed by atoms with Gasteiger partial charge in [0.15, 0.2) is 0 Å². The second-order valence-electron chi connectivity index (χ2n) is 5.86. The minimum Gasteiger partial charge on any atom is -0.393 e. The van der Waals surface area contributed by atoms with E-state index in [4.69, 9.17) is 0 Å². The molecule has 1 aliphatic carbocycles. The second kappa shape index (κ2) is 6.02. The number of nitrogens with zero attached hydrogens (tertiary/aromatic N) is 1. The van der Waals surface area contributed by atoms with E-state index in [1.165, 1.54) is 45.1 Å². The van der Waals surface area contributed by atoms with E-state index in [9.17, 15) is 5.11 Å². The van der Waals surface area contributed by atoms with Crippen molar-refractivity contribution < 1.29 is 5.11 Å².